The van der Waals surface area contributed by atoms with Crippen LogP contribution in [0.3, 0.4) is 0 Å². The number of aryl methyl sites for hydroxylation is 1. The molecule has 10 heteroatoms. The summed E-state index contributed by atoms with van der Waals surface area (Å²) in [5.41, 5.74) is 0. The number of aromatic nitrogens is 1. The van der Waals surface area contributed by atoms with Crippen LogP contribution in [-0.2, 0) is 25.7 Å². The average Bonchev–Trinajstić information content (AvgIpc) is 3.22. The van der Waals surface area contributed by atoms with Gasteiger partial charge in [-0.3, -0.25) is 14.4 Å². The lowest BCUT2D eigenvalue weighted by atomic mass is 10.4. The maximum absolute atomic E-state index is 11.6. The first kappa shape index (κ1) is 18.6. The number of amides is 2. The lowest BCUT2D eigenvalue weighted by molar-refractivity contribution is -0.146. The van der Waals surface area contributed by atoms with E-state index in [2.05, 4.69) is 15.8 Å². The van der Waals surface area contributed by atoms with Gasteiger partial charge in [0.25, 0.3) is 5.91 Å². The Hall–Kier alpha value is -2.75. The first-order valence-electron chi connectivity index (χ1n) is 7.28. The Kier molecular flexibility index (Phi) is 7.08. The van der Waals surface area contributed by atoms with Crippen LogP contribution in [0.5, 0.6) is 0 Å². The molecule has 0 aliphatic carbocycles. The van der Waals surface area contributed by atoms with Crippen molar-refractivity contribution in [2.75, 3.05) is 23.4 Å². The smallest absolute Gasteiger partial charge is 0.316 e. The first-order chi connectivity index (χ1) is 12.0. The molecule has 0 fully saturated rings. The minimum Gasteiger partial charge on any atom is -0.467 e. The predicted molar refractivity (Wildman–Crippen MR) is 88.7 cm³/mol. The highest BCUT2D eigenvalue weighted by atomic mass is 32.2. The van der Waals surface area contributed by atoms with Crippen molar-refractivity contribution in [3.05, 3.63) is 36.0 Å². The number of carbonyl (C=O) groups is 3. The molecular formula is C15H17N3O6S. The van der Waals surface area contributed by atoms with E-state index >= 15 is 0 Å². The van der Waals surface area contributed by atoms with Crippen LogP contribution in [-0.4, -0.2) is 41.1 Å². The van der Waals surface area contributed by atoms with Crippen molar-refractivity contribution >= 4 is 35.4 Å². The monoisotopic (exact) mass is 367 g/mol. The summed E-state index contributed by atoms with van der Waals surface area (Å²) in [6.07, 6.45) is 1.50. The molecular weight excluding hydrogens is 350 g/mol. The quantitative estimate of drug-likeness (QED) is 0.632. The molecule has 0 spiro atoms. The molecule has 2 amide bonds. The van der Waals surface area contributed by atoms with Gasteiger partial charge >= 0.3 is 5.97 Å². The van der Waals surface area contributed by atoms with Crippen LogP contribution in [0.15, 0.2) is 33.4 Å². The fraction of sp³-hybridized carbons (Fsp3) is 0.333. The van der Waals surface area contributed by atoms with E-state index in [0.29, 0.717) is 17.3 Å². The molecule has 0 bridgehead atoms. The molecule has 25 heavy (non-hydrogen) atoms. The number of esters is 1. The highest BCUT2D eigenvalue weighted by molar-refractivity contribution is 8.00. The summed E-state index contributed by atoms with van der Waals surface area (Å²) in [6, 6.07) is 5.01. The van der Waals surface area contributed by atoms with Crippen LogP contribution >= 0.6 is 11.8 Å². The lowest BCUT2D eigenvalue weighted by Gasteiger charge is -2.05. The number of furan rings is 1. The van der Waals surface area contributed by atoms with Crippen LogP contribution in [0.2, 0.25) is 0 Å². The lowest BCUT2D eigenvalue weighted by Crippen LogP contribution is -2.28. The van der Waals surface area contributed by atoms with Gasteiger partial charge < -0.3 is 24.3 Å². The zero-order valence-corrected chi connectivity index (χ0v) is 14.3. The maximum atomic E-state index is 11.6. The van der Waals surface area contributed by atoms with E-state index in [-0.39, 0.29) is 30.6 Å². The van der Waals surface area contributed by atoms with Gasteiger partial charge in [-0.25, -0.2) is 0 Å². The zero-order chi connectivity index (χ0) is 18.1. The molecule has 2 heterocycles. The van der Waals surface area contributed by atoms with Gasteiger partial charge in [0.15, 0.2) is 12.4 Å². The highest BCUT2D eigenvalue weighted by Crippen LogP contribution is 2.08. The molecule has 0 radical (unpaired) electrons. The summed E-state index contributed by atoms with van der Waals surface area (Å²) in [6.45, 7) is 1.54. The summed E-state index contributed by atoms with van der Waals surface area (Å²) < 4.78 is 14.7. The number of ether oxygens (including phenoxy) is 1. The Balaban J connectivity index is 1.54. The van der Waals surface area contributed by atoms with Crippen molar-refractivity contribution in [3.63, 3.8) is 0 Å². The third-order valence-corrected chi connectivity index (χ3v) is 3.66. The normalized spacial score (nSPS) is 10.3. The molecule has 2 N–H and O–H groups in total. The third kappa shape index (κ3) is 7.12. The van der Waals surface area contributed by atoms with Gasteiger partial charge in [-0.05, 0) is 19.1 Å². The van der Waals surface area contributed by atoms with Crippen molar-refractivity contribution in [2.24, 2.45) is 0 Å². The van der Waals surface area contributed by atoms with E-state index < -0.39 is 11.9 Å². The van der Waals surface area contributed by atoms with E-state index in [1.807, 2.05) is 0 Å². The highest BCUT2D eigenvalue weighted by Gasteiger charge is 2.11. The summed E-state index contributed by atoms with van der Waals surface area (Å²) >= 11 is 1.07. The van der Waals surface area contributed by atoms with Crippen LogP contribution in [0, 0.1) is 6.92 Å². The van der Waals surface area contributed by atoms with Crippen molar-refractivity contribution in [1.29, 1.82) is 0 Å². The molecule has 0 aliphatic rings. The molecule has 2 rings (SSSR count). The van der Waals surface area contributed by atoms with Gasteiger partial charge in [0, 0.05) is 6.07 Å². The number of carbonyl (C=O) groups excluding carboxylic acids is 3. The second kappa shape index (κ2) is 9.52. The maximum Gasteiger partial charge on any atom is 0.316 e. The van der Waals surface area contributed by atoms with Crippen LogP contribution < -0.4 is 10.6 Å². The van der Waals surface area contributed by atoms with Crippen LogP contribution in [0.4, 0.5) is 5.82 Å². The van der Waals surface area contributed by atoms with Crippen molar-refractivity contribution in [3.8, 4) is 0 Å². The topological polar surface area (TPSA) is 124 Å². The second-order valence-corrected chi connectivity index (χ2v) is 5.87. The first-order valence-corrected chi connectivity index (χ1v) is 8.44. The standard InChI is InChI=1S/C15H17N3O6S/c1-10-5-12(18-24-10)17-14(20)8-25-9-15(21)23-7-13(19)16-6-11-3-2-4-22-11/h2-5H,6-9H2,1H3,(H,16,19)(H,17,18,20). The minimum atomic E-state index is -0.580. The van der Waals surface area contributed by atoms with E-state index in [9.17, 15) is 14.4 Å². The van der Waals surface area contributed by atoms with E-state index in [0.717, 1.165) is 11.8 Å². The molecule has 2 aromatic rings. The molecule has 2 aromatic heterocycles. The Morgan fingerprint density at radius 1 is 1.28 bits per heavy atom. The number of nitrogens with one attached hydrogen (secondary N) is 2. The summed E-state index contributed by atoms with van der Waals surface area (Å²) in [5, 5.41) is 8.70. The Bertz CT molecular complexity index is 713. The number of nitrogens with zero attached hydrogens (tertiary/aromatic N) is 1. The molecule has 0 unspecified atom stereocenters. The zero-order valence-electron chi connectivity index (χ0n) is 13.4. The van der Waals surface area contributed by atoms with E-state index in [4.69, 9.17) is 13.7 Å². The SMILES string of the molecule is Cc1cc(NC(=O)CSCC(=O)OCC(=O)NCc2ccco2)no1. The number of anilines is 1. The number of rotatable bonds is 9. The predicted octanol–water partition coefficient (Wildman–Crippen LogP) is 1.11. The van der Waals surface area contributed by atoms with Gasteiger partial charge in [-0.1, -0.05) is 5.16 Å². The Morgan fingerprint density at radius 2 is 2.12 bits per heavy atom. The van der Waals surface area contributed by atoms with Gasteiger partial charge in [-0.2, -0.15) is 0 Å². The molecule has 0 saturated heterocycles. The van der Waals surface area contributed by atoms with Crippen molar-refractivity contribution < 1.29 is 28.1 Å². The Morgan fingerprint density at radius 3 is 2.80 bits per heavy atom. The van der Waals surface area contributed by atoms with Gasteiger partial charge in [-0.15, -0.1) is 11.8 Å². The Labute approximate surface area is 147 Å². The molecule has 0 aliphatic heterocycles. The number of thioether (sulfide) groups is 1. The number of hydrogen-bond donors (Lipinski definition) is 2. The van der Waals surface area contributed by atoms with Gasteiger partial charge in [0.1, 0.15) is 11.5 Å². The second-order valence-electron chi connectivity index (χ2n) is 4.88. The summed E-state index contributed by atoms with van der Waals surface area (Å²) in [7, 11) is 0. The van der Waals surface area contributed by atoms with Crippen LogP contribution in [0.1, 0.15) is 11.5 Å². The van der Waals surface area contributed by atoms with Crippen molar-refractivity contribution in [2.45, 2.75) is 13.5 Å². The fourth-order valence-corrected chi connectivity index (χ4v) is 2.28. The number of hydrogen-bond acceptors (Lipinski definition) is 8. The van der Waals surface area contributed by atoms with Crippen molar-refractivity contribution in [1.82, 2.24) is 10.5 Å². The molecule has 0 atom stereocenters. The van der Waals surface area contributed by atoms with E-state index in [1.165, 1.54) is 6.26 Å². The molecule has 134 valence electrons. The molecule has 0 saturated carbocycles. The summed E-state index contributed by atoms with van der Waals surface area (Å²) in [4.78, 5) is 34.7. The largest absolute Gasteiger partial charge is 0.467 e. The molecule has 9 nitrogen and oxygen atoms in total. The van der Waals surface area contributed by atoms with Gasteiger partial charge in [0.05, 0.1) is 24.3 Å². The van der Waals surface area contributed by atoms with Crippen LogP contribution in [0.25, 0.3) is 0 Å². The van der Waals surface area contributed by atoms with E-state index in [1.54, 1.807) is 25.1 Å². The minimum absolute atomic E-state index is 0.0449. The third-order valence-electron chi connectivity index (χ3n) is 2.75. The summed E-state index contributed by atoms with van der Waals surface area (Å²) in [5.74, 6) is 0.168. The molecule has 0 aromatic carbocycles. The van der Waals surface area contributed by atoms with Gasteiger partial charge in [0.2, 0.25) is 5.91 Å². The average molecular weight is 367 g/mol. The fourth-order valence-electron chi connectivity index (χ4n) is 1.67.